The van der Waals surface area contributed by atoms with E-state index in [0.717, 1.165) is 64.2 Å². The summed E-state index contributed by atoms with van der Waals surface area (Å²) in [6, 6.07) is 7.13. The average molecular weight is 459 g/mol. The molecule has 2 saturated heterocycles. The quantitative estimate of drug-likeness (QED) is 0.696. The Morgan fingerprint density at radius 2 is 1.44 bits per heavy atom. The number of nitrogens with zero attached hydrogens (tertiary/aromatic N) is 3. The topological polar surface area (TPSA) is 101 Å². The van der Waals surface area contributed by atoms with Crippen molar-refractivity contribution in [3.8, 4) is 0 Å². The van der Waals surface area contributed by atoms with Crippen molar-refractivity contribution >= 4 is 17.8 Å². The second kappa shape index (κ2) is 11.8. The minimum Gasteiger partial charge on any atom is -0.478 e. The van der Waals surface area contributed by atoms with Gasteiger partial charge in [0.2, 0.25) is 5.91 Å². The van der Waals surface area contributed by atoms with Crippen LogP contribution in [0, 0.1) is 0 Å². The van der Waals surface area contributed by atoms with E-state index in [-0.39, 0.29) is 5.91 Å². The highest BCUT2D eigenvalue weighted by Gasteiger charge is 2.38. The molecule has 0 unspecified atom stereocenters. The summed E-state index contributed by atoms with van der Waals surface area (Å²) >= 11 is 0. The molecule has 0 radical (unpaired) electrons. The minimum atomic E-state index is -5.08. The van der Waals surface area contributed by atoms with Gasteiger partial charge < -0.3 is 15.1 Å². The Hall–Kier alpha value is -2.66. The summed E-state index contributed by atoms with van der Waals surface area (Å²) in [5.74, 6) is -3.38. The molecule has 0 spiro atoms. The third kappa shape index (κ3) is 8.46. The fourth-order valence-corrected chi connectivity index (χ4v) is 3.60. The predicted molar refractivity (Wildman–Crippen MR) is 109 cm³/mol. The molecule has 3 rings (SSSR count). The van der Waals surface area contributed by atoms with Crippen LogP contribution in [0.3, 0.4) is 0 Å². The molecular weight excluding hydrogens is 431 g/mol. The van der Waals surface area contributed by atoms with E-state index in [0.29, 0.717) is 12.1 Å². The summed E-state index contributed by atoms with van der Waals surface area (Å²) in [4.78, 5) is 38.9. The standard InChI is InChI=1S/C19H27N3O3.C2HF3O2/c23-18(22-7-2-1-3-8-22)15-21-11-9-20(10-12-21)14-16-5-4-6-17(13-16)19(24)25;3-2(4,5)1(6)7/h4-6,13H,1-3,7-12,14-15H2,(H,24,25);(H,6,7). The highest BCUT2D eigenvalue weighted by molar-refractivity contribution is 5.87. The molecule has 2 N–H and O–H groups in total. The Balaban J connectivity index is 0.000000451. The Labute approximate surface area is 184 Å². The lowest BCUT2D eigenvalue weighted by Crippen LogP contribution is -2.50. The van der Waals surface area contributed by atoms with Gasteiger partial charge in [0.15, 0.2) is 0 Å². The second-order valence-corrected chi connectivity index (χ2v) is 7.80. The van der Waals surface area contributed by atoms with Crippen LogP contribution in [0.4, 0.5) is 13.2 Å². The third-order valence-electron chi connectivity index (χ3n) is 5.36. The van der Waals surface area contributed by atoms with Gasteiger partial charge >= 0.3 is 18.1 Å². The number of halogens is 3. The van der Waals surface area contributed by atoms with E-state index < -0.39 is 18.1 Å². The number of carboxylic acid groups (broad SMARTS) is 2. The SMILES string of the molecule is O=C(O)C(F)(F)F.O=C(O)c1cccc(CN2CCN(CC(=O)N3CCCCC3)CC2)c1. The zero-order valence-corrected chi connectivity index (χ0v) is 17.7. The number of likely N-dealkylation sites (tertiary alicyclic amines) is 1. The lowest BCUT2D eigenvalue weighted by Gasteiger charge is -2.36. The van der Waals surface area contributed by atoms with Gasteiger partial charge in [-0.1, -0.05) is 12.1 Å². The van der Waals surface area contributed by atoms with Gasteiger partial charge in [-0.05, 0) is 37.0 Å². The molecule has 1 aromatic rings. The van der Waals surface area contributed by atoms with Crippen molar-refractivity contribution in [1.29, 1.82) is 0 Å². The second-order valence-electron chi connectivity index (χ2n) is 7.80. The maximum Gasteiger partial charge on any atom is 0.490 e. The fraction of sp³-hybridized carbons (Fsp3) is 0.571. The molecule has 2 heterocycles. The molecule has 1 aromatic carbocycles. The van der Waals surface area contributed by atoms with Crippen LogP contribution in [0.1, 0.15) is 35.2 Å². The van der Waals surface area contributed by atoms with Crippen molar-refractivity contribution in [1.82, 2.24) is 14.7 Å². The number of carbonyl (C=O) groups is 3. The highest BCUT2D eigenvalue weighted by Crippen LogP contribution is 2.14. The smallest absolute Gasteiger partial charge is 0.478 e. The van der Waals surface area contributed by atoms with E-state index in [1.807, 2.05) is 11.0 Å². The van der Waals surface area contributed by atoms with Crippen molar-refractivity contribution in [3.05, 3.63) is 35.4 Å². The van der Waals surface area contributed by atoms with Crippen LogP contribution >= 0.6 is 0 Å². The number of hydrogen-bond donors (Lipinski definition) is 2. The maximum atomic E-state index is 12.4. The number of carboxylic acids is 2. The monoisotopic (exact) mass is 459 g/mol. The number of aliphatic carboxylic acids is 1. The number of rotatable bonds is 5. The summed E-state index contributed by atoms with van der Waals surface area (Å²) in [5.41, 5.74) is 1.36. The van der Waals surface area contributed by atoms with Crippen molar-refractivity contribution in [2.24, 2.45) is 0 Å². The van der Waals surface area contributed by atoms with E-state index in [4.69, 9.17) is 15.0 Å². The van der Waals surface area contributed by atoms with Gasteiger partial charge in [-0.25, -0.2) is 9.59 Å². The molecule has 0 aromatic heterocycles. The van der Waals surface area contributed by atoms with Gasteiger partial charge in [0.25, 0.3) is 0 Å². The van der Waals surface area contributed by atoms with Crippen LogP contribution in [0.2, 0.25) is 0 Å². The molecule has 1 amide bonds. The van der Waals surface area contributed by atoms with E-state index >= 15 is 0 Å². The normalized spacial score (nSPS) is 17.9. The number of benzene rings is 1. The number of alkyl halides is 3. The number of piperazine rings is 1. The lowest BCUT2D eigenvalue weighted by atomic mass is 10.1. The molecule has 0 saturated carbocycles. The number of carbonyl (C=O) groups excluding carboxylic acids is 1. The van der Waals surface area contributed by atoms with E-state index in [9.17, 15) is 22.8 Å². The Bertz CT molecular complexity index is 789. The highest BCUT2D eigenvalue weighted by atomic mass is 19.4. The first-order valence-corrected chi connectivity index (χ1v) is 10.4. The minimum absolute atomic E-state index is 0.266. The van der Waals surface area contributed by atoms with E-state index in [1.54, 1.807) is 18.2 Å². The molecule has 178 valence electrons. The van der Waals surface area contributed by atoms with Gasteiger partial charge in [0, 0.05) is 45.8 Å². The summed E-state index contributed by atoms with van der Waals surface area (Å²) in [5, 5.41) is 16.2. The lowest BCUT2D eigenvalue weighted by molar-refractivity contribution is -0.192. The zero-order chi connectivity index (χ0) is 23.7. The van der Waals surface area contributed by atoms with Crippen LogP contribution in [-0.2, 0) is 16.1 Å². The number of amides is 1. The summed E-state index contributed by atoms with van der Waals surface area (Å²) in [6.45, 7) is 6.71. The molecule has 11 heteroatoms. The molecule has 2 fully saturated rings. The first kappa shape index (κ1) is 25.6. The first-order chi connectivity index (χ1) is 15.1. The zero-order valence-electron chi connectivity index (χ0n) is 17.7. The fourth-order valence-electron chi connectivity index (χ4n) is 3.60. The van der Waals surface area contributed by atoms with Gasteiger partial charge in [0.1, 0.15) is 0 Å². The molecular formula is C21H28F3N3O5. The molecule has 8 nitrogen and oxygen atoms in total. The Kier molecular flexibility index (Phi) is 9.45. The van der Waals surface area contributed by atoms with Crippen molar-refractivity contribution in [2.45, 2.75) is 32.0 Å². The molecule has 2 aliphatic heterocycles. The molecule has 0 bridgehead atoms. The van der Waals surface area contributed by atoms with Crippen LogP contribution < -0.4 is 0 Å². The van der Waals surface area contributed by atoms with Crippen LogP contribution in [-0.4, -0.2) is 94.7 Å². The Morgan fingerprint density at radius 1 is 0.875 bits per heavy atom. The van der Waals surface area contributed by atoms with E-state index in [2.05, 4.69) is 9.80 Å². The van der Waals surface area contributed by atoms with Crippen molar-refractivity contribution in [2.75, 3.05) is 45.8 Å². The van der Waals surface area contributed by atoms with Gasteiger partial charge in [-0.3, -0.25) is 14.6 Å². The van der Waals surface area contributed by atoms with Gasteiger partial charge in [-0.2, -0.15) is 13.2 Å². The summed E-state index contributed by atoms with van der Waals surface area (Å²) in [7, 11) is 0. The number of hydrogen-bond acceptors (Lipinski definition) is 5. The number of aromatic carboxylic acids is 1. The summed E-state index contributed by atoms with van der Waals surface area (Å²) in [6.07, 6.45) is -1.57. The molecule has 32 heavy (non-hydrogen) atoms. The molecule has 2 aliphatic rings. The van der Waals surface area contributed by atoms with Crippen molar-refractivity contribution in [3.63, 3.8) is 0 Å². The van der Waals surface area contributed by atoms with Gasteiger partial charge in [-0.15, -0.1) is 0 Å². The maximum absolute atomic E-state index is 12.4. The molecule has 0 atom stereocenters. The molecule has 0 aliphatic carbocycles. The van der Waals surface area contributed by atoms with Crippen LogP contribution in [0.5, 0.6) is 0 Å². The Morgan fingerprint density at radius 3 is 1.97 bits per heavy atom. The van der Waals surface area contributed by atoms with Crippen LogP contribution in [0.15, 0.2) is 24.3 Å². The average Bonchev–Trinajstić information content (AvgIpc) is 2.75. The summed E-state index contributed by atoms with van der Waals surface area (Å²) < 4.78 is 31.7. The largest absolute Gasteiger partial charge is 0.490 e. The predicted octanol–water partition coefficient (Wildman–Crippen LogP) is 2.15. The van der Waals surface area contributed by atoms with E-state index in [1.165, 1.54) is 6.42 Å². The van der Waals surface area contributed by atoms with Crippen LogP contribution in [0.25, 0.3) is 0 Å². The van der Waals surface area contributed by atoms with Crippen molar-refractivity contribution < 1.29 is 37.8 Å². The third-order valence-corrected chi connectivity index (χ3v) is 5.36. The van der Waals surface area contributed by atoms with Gasteiger partial charge in [0.05, 0.1) is 12.1 Å². The first-order valence-electron chi connectivity index (χ1n) is 10.4. The number of piperidine rings is 1.